The number of hydrogen-bond donors (Lipinski definition) is 2. The van der Waals surface area contributed by atoms with Gasteiger partial charge in [0.15, 0.2) is 0 Å². The maximum atomic E-state index is 12.5. The third-order valence-corrected chi connectivity index (χ3v) is 4.78. The molecule has 0 saturated carbocycles. The minimum atomic E-state index is -0.597. The van der Waals surface area contributed by atoms with E-state index in [9.17, 15) is 19.7 Å². The summed E-state index contributed by atoms with van der Waals surface area (Å²) in [6.45, 7) is 0.518. The number of nitrogens with zero attached hydrogens (tertiary/aromatic N) is 2. The lowest BCUT2D eigenvalue weighted by atomic mass is 10.1. The minimum Gasteiger partial charge on any atom is -0.329 e. The van der Waals surface area contributed by atoms with Gasteiger partial charge in [0.2, 0.25) is 11.8 Å². The largest absolute Gasteiger partial charge is 0.329 e. The van der Waals surface area contributed by atoms with E-state index in [4.69, 9.17) is 5.73 Å². The second-order valence-electron chi connectivity index (χ2n) is 5.87. The Hall–Kier alpha value is -2.13. The van der Waals surface area contributed by atoms with Gasteiger partial charge in [-0.3, -0.25) is 19.7 Å². The molecule has 25 heavy (non-hydrogen) atoms. The summed E-state index contributed by atoms with van der Waals surface area (Å²) >= 11 is 1.62. The molecule has 1 heterocycles. The Kier molecular flexibility index (Phi) is 6.77. The molecule has 2 rings (SSSR count). The van der Waals surface area contributed by atoms with Crippen molar-refractivity contribution in [3.8, 4) is 0 Å². The van der Waals surface area contributed by atoms with Crippen molar-refractivity contribution in [2.24, 2.45) is 5.73 Å². The smallest absolute Gasteiger partial charge is 0.269 e. The van der Waals surface area contributed by atoms with E-state index in [0.29, 0.717) is 25.1 Å². The highest BCUT2D eigenvalue weighted by Crippen LogP contribution is 2.22. The summed E-state index contributed by atoms with van der Waals surface area (Å²) < 4.78 is 0. The first-order valence-corrected chi connectivity index (χ1v) is 9.43. The van der Waals surface area contributed by atoms with Crippen LogP contribution >= 0.6 is 11.8 Å². The van der Waals surface area contributed by atoms with Crippen LogP contribution in [0.4, 0.5) is 11.4 Å². The summed E-state index contributed by atoms with van der Waals surface area (Å²) in [6.07, 6.45) is 3.86. The van der Waals surface area contributed by atoms with E-state index in [1.165, 1.54) is 24.3 Å². The number of nitrogens with one attached hydrogen (secondary N) is 1. The van der Waals surface area contributed by atoms with Crippen molar-refractivity contribution in [2.45, 2.75) is 31.3 Å². The Bertz CT molecular complexity index is 638. The van der Waals surface area contributed by atoms with E-state index < -0.39 is 17.0 Å². The molecule has 2 atom stereocenters. The van der Waals surface area contributed by atoms with Crippen LogP contribution in [0.2, 0.25) is 0 Å². The average Bonchev–Trinajstić information content (AvgIpc) is 3.09. The molecule has 9 heteroatoms. The second-order valence-corrected chi connectivity index (χ2v) is 6.86. The van der Waals surface area contributed by atoms with Crippen LogP contribution < -0.4 is 11.1 Å². The number of hydrogen-bond acceptors (Lipinski definition) is 6. The van der Waals surface area contributed by atoms with Crippen LogP contribution in [0.5, 0.6) is 0 Å². The molecule has 0 unspecified atom stereocenters. The summed E-state index contributed by atoms with van der Waals surface area (Å²) in [5, 5.41) is 13.4. The van der Waals surface area contributed by atoms with Gasteiger partial charge in [0.25, 0.3) is 5.69 Å². The molecule has 0 bridgehead atoms. The van der Waals surface area contributed by atoms with Gasteiger partial charge in [0.05, 0.1) is 11.0 Å². The molecule has 1 aromatic carbocycles. The monoisotopic (exact) mass is 366 g/mol. The summed E-state index contributed by atoms with van der Waals surface area (Å²) in [7, 11) is 0. The molecule has 3 N–H and O–H groups in total. The van der Waals surface area contributed by atoms with Crippen LogP contribution in [-0.2, 0) is 9.59 Å². The fourth-order valence-electron chi connectivity index (χ4n) is 2.78. The number of nitro groups is 1. The maximum Gasteiger partial charge on any atom is 0.269 e. The number of carbonyl (C=O) groups is 2. The molecule has 0 aromatic heterocycles. The van der Waals surface area contributed by atoms with Gasteiger partial charge < -0.3 is 16.0 Å². The van der Waals surface area contributed by atoms with Crippen molar-refractivity contribution in [3.63, 3.8) is 0 Å². The van der Waals surface area contributed by atoms with Crippen LogP contribution in [0.25, 0.3) is 0 Å². The molecule has 136 valence electrons. The number of amides is 2. The molecule has 1 aromatic rings. The molecule has 1 aliphatic heterocycles. The average molecular weight is 366 g/mol. The van der Waals surface area contributed by atoms with Gasteiger partial charge in [-0.2, -0.15) is 11.8 Å². The predicted octanol–water partition coefficient (Wildman–Crippen LogP) is 1.60. The molecule has 0 spiro atoms. The molecule has 1 saturated heterocycles. The summed E-state index contributed by atoms with van der Waals surface area (Å²) in [6, 6.07) is 4.45. The number of non-ortho nitro benzene ring substituents is 1. The number of nitrogens with two attached hydrogens (primary N) is 1. The number of benzene rings is 1. The third-order valence-electron chi connectivity index (χ3n) is 4.13. The highest BCUT2D eigenvalue weighted by Gasteiger charge is 2.36. The molecule has 1 fully saturated rings. The highest BCUT2D eigenvalue weighted by molar-refractivity contribution is 7.98. The zero-order valence-electron chi connectivity index (χ0n) is 14.0. The van der Waals surface area contributed by atoms with E-state index >= 15 is 0 Å². The van der Waals surface area contributed by atoms with Gasteiger partial charge in [-0.15, -0.1) is 0 Å². The van der Waals surface area contributed by atoms with Gasteiger partial charge >= 0.3 is 0 Å². The second kappa shape index (κ2) is 8.82. The van der Waals surface area contributed by atoms with Gasteiger partial charge in [0, 0.05) is 24.4 Å². The summed E-state index contributed by atoms with van der Waals surface area (Å²) in [5.74, 6) is 0.299. The van der Waals surface area contributed by atoms with E-state index in [-0.39, 0.29) is 17.5 Å². The molecule has 1 aliphatic rings. The fraction of sp³-hybridized carbons (Fsp3) is 0.500. The normalized spacial score (nSPS) is 18.0. The Morgan fingerprint density at radius 2 is 2.12 bits per heavy atom. The number of carbonyl (C=O) groups excluding carboxylic acids is 2. The van der Waals surface area contributed by atoms with Gasteiger partial charge in [0.1, 0.15) is 6.04 Å². The van der Waals surface area contributed by atoms with Crippen molar-refractivity contribution < 1.29 is 14.5 Å². The Morgan fingerprint density at radius 1 is 1.44 bits per heavy atom. The SMILES string of the molecule is CSCC[C@H](N)C(=O)N1CCC[C@@H]1C(=O)Nc1ccc([N+](=O)[O-])cc1. The molecule has 2 amide bonds. The van der Waals surface area contributed by atoms with E-state index in [0.717, 1.165) is 12.2 Å². The zero-order chi connectivity index (χ0) is 18.4. The van der Waals surface area contributed by atoms with Crippen LogP contribution in [0.1, 0.15) is 19.3 Å². The predicted molar refractivity (Wildman–Crippen MR) is 97.4 cm³/mol. The quantitative estimate of drug-likeness (QED) is 0.559. The fourth-order valence-corrected chi connectivity index (χ4v) is 3.27. The Balaban J connectivity index is 1.99. The minimum absolute atomic E-state index is 0.0459. The number of anilines is 1. The molecular weight excluding hydrogens is 344 g/mol. The number of likely N-dealkylation sites (tertiary alicyclic amines) is 1. The number of rotatable bonds is 7. The third kappa shape index (κ3) is 4.93. The van der Waals surface area contributed by atoms with Crippen molar-refractivity contribution >= 4 is 35.0 Å². The molecule has 8 nitrogen and oxygen atoms in total. The lowest BCUT2D eigenvalue weighted by molar-refractivity contribution is -0.384. The Labute approximate surface area is 150 Å². The zero-order valence-corrected chi connectivity index (χ0v) is 14.8. The summed E-state index contributed by atoms with van der Waals surface area (Å²) in [5.41, 5.74) is 6.36. The van der Waals surface area contributed by atoms with E-state index in [1.807, 2.05) is 6.26 Å². The van der Waals surface area contributed by atoms with Crippen LogP contribution in [0, 0.1) is 10.1 Å². The van der Waals surface area contributed by atoms with Crippen molar-refractivity contribution in [2.75, 3.05) is 23.9 Å². The Morgan fingerprint density at radius 3 is 2.72 bits per heavy atom. The van der Waals surface area contributed by atoms with Crippen LogP contribution in [0.15, 0.2) is 24.3 Å². The van der Waals surface area contributed by atoms with E-state index in [1.54, 1.807) is 16.7 Å². The van der Waals surface area contributed by atoms with Gasteiger partial charge in [-0.25, -0.2) is 0 Å². The first kappa shape index (κ1) is 19.2. The van der Waals surface area contributed by atoms with Gasteiger partial charge in [-0.1, -0.05) is 0 Å². The lowest BCUT2D eigenvalue weighted by Crippen LogP contribution is -2.49. The standard InChI is InChI=1S/C16H22N4O4S/c1-25-10-8-13(17)16(22)19-9-2-3-14(19)15(21)18-11-4-6-12(7-5-11)20(23)24/h4-7,13-14H,2-3,8-10,17H2,1H3,(H,18,21)/t13-,14+/m0/s1. The molecule has 0 radical (unpaired) electrons. The van der Waals surface area contributed by atoms with Crippen molar-refractivity contribution in [1.82, 2.24) is 4.90 Å². The van der Waals surface area contributed by atoms with Crippen molar-refractivity contribution in [3.05, 3.63) is 34.4 Å². The first-order chi connectivity index (χ1) is 11.9. The summed E-state index contributed by atoms with van der Waals surface area (Å²) in [4.78, 5) is 36.7. The highest BCUT2D eigenvalue weighted by atomic mass is 32.2. The maximum absolute atomic E-state index is 12.5. The lowest BCUT2D eigenvalue weighted by Gasteiger charge is -2.26. The van der Waals surface area contributed by atoms with Gasteiger partial charge in [-0.05, 0) is 43.4 Å². The topological polar surface area (TPSA) is 119 Å². The van der Waals surface area contributed by atoms with Crippen LogP contribution in [-0.4, -0.2) is 52.3 Å². The van der Waals surface area contributed by atoms with Crippen LogP contribution in [0.3, 0.4) is 0 Å². The molecule has 0 aliphatic carbocycles. The van der Waals surface area contributed by atoms with Crippen molar-refractivity contribution in [1.29, 1.82) is 0 Å². The molecular formula is C16H22N4O4S. The number of nitro benzene ring substituents is 1. The first-order valence-electron chi connectivity index (χ1n) is 8.04. The van der Waals surface area contributed by atoms with E-state index in [2.05, 4.69) is 5.32 Å². The number of thioether (sulfide) groups is 1.